The maximum atomic E-state index is 14.2. The smallest absolute Gasteiger partial charge is 0.317 e. The van der Waals surface area contributed by atoms with Crippen molar-refractivity contribution in [1.29, 1.82) is 0 Å². The van der Waals surface area contributed by atoms with Gasteiger partial charge in [0.2, 0.25) is 0 Å². The predicted octanol–water partition coefficient (Wildman–Crippen LogP) is 3.20. The first-order valence-corrected chi connectivity index (χ1v) is 8.79. The average Bonchev–Trinajstić information content (AvgIpc) is 2.83. The van der Waals surface area contributed by atoms with Crippen molar-refractivity contribution >= 4 is 22.6 Å². The lowest BCUT2D eigenvalue weighted by molar-refractivity contribution is -0.138. The maximum Gasteiger partial charge on any atom is 0.317 e. The minimum absolute atomic E-state index is 0.0203. The van der Waals surface area contributed by atoms with E-state index in [4.69, 9.17) is 5.11 Å². The van der Waals surface area contributed by atoms with E-state index < -0.39 is 17.6 Å². The molecule has 1 aromatic carbocycles. The van der Waals surface area contributed by atoms with Gasteiger partial charge in [0, 0.05) is 35.9 Å². The summed E-state index contributed by atoms with van der Waals surface area (Å²) >= 11 is 0. The van der Waals surface area contributed by atoms with Crippen LogP contribution in [0.25, 0.3) is 10.9 Å². The Morgan fingerprint density at radius 3 is 2.85 bits per heavy atom. The summed E-state index contributed by atoms with van der Waals surface area (Å²) in [6.45, 7) is 3.31. The number of aliphatic carboxylic acids is 1. The number of rotatable bonds is 4. The second-order valence-electron chi connectivity index (χ2n) is 6.92. The van der Waals surface area contributed by atoms with Crippen LogP contribution in [-0.2, 0) is 4.79 Å². The highest BCUT2D eigenvalue weighted by Crippen LogP contribution is 2.31. The van der Waals surface area contributed by atoms with Gasteiger partial charge in [0.15, 0.2) is 11.6 Å². The van der Waals surface area contributed by atoms with Crippen molar-refractivity contribution in [2.75, 3.05) is 31.6 Å². The Balaban J connectivity index is 1.88. The van der Waals surface area contributed by atoms with Crippen molar-refractivity contribution < 1.29 is 18.7 Å². The van der Waals surface area contributed by atoms with Gasteiger partial charge in [-0.2, -0.15) is 0 Å². The highest BCUT2D eigenvalue weighted by atomic mass is 19.2. The van der Waals surface area contributed by atoms with Gasteiger partial charge in [0.1, 0.15) is 5.52 Å². The third-order valence-electron chi connectivity index (χ3n) is 5.03. The van der Waals surface area contributed by atoms with Gasteiger partial charge >= 0.3 is 5.97 Å². The van der Waals surface area contributed by atoms with E-state index in [0.29, 0.717) is 11.1 Å². The summed E-state index contributed by atoms with van der Waals surface area (Å²) < 4.78 is 27.8. The fraction of sp³-hybridized carbons (Fsp3) is 0.474. The minimum Gasteiger partial charge on any atom is -0.480 e. The number of aryl methyl sites for hydroxylation is 1. The molecule has 1 aliphatic rings. The molecule has 0 aliphatic carbocycles. The Morgan fingerprint density at radius 2 is 2.12 bits per heavy atom. The molecule has 1 N–H and O–H groups in total. The van der Waals surface area contributed by atoms with Crippen LogP contribution in [0.3, 0.4) is 0 Å². The molecule has 2 aromatic rings. The molecule has 0 spiro atoms. The number of anilines is 1. The zero-order chi connectivity index (χ0) is 18.8. The molecule has 1 aliphatic heterocycles. The van der Waals surface area contributed by atoms with Crippen molar-refractivity contribution in [3.8, 4) is 0 Å². The molecule has 7 heteroatoms. The number of carboxylic acids is 1. The summed E-state index contributed by atoms with van der Waals surface area (Å²) in [7, 11) is 1.83. The van der Waals surface area contributed by atoms with Gasteiger partial charge in [-0.15, -0.1) is 0 Å². The zero-order valence-corrected chi connectivity index (χ0v) is 15.0. The number of halogens is 2. The Kier molecular flexibility index (Phi) is 5.36. The molecule has 1 fully saturated rings. The van der Waals surface area contributed by atoms with Crippen LogP contribution in [0.1, 0.15) is 25.0 Å². The lowest BCUT2D eigenvalue weighted by Crippen LogP contribution is -2.36. The van der Waals surface area contributed by atoms with Crippen molar-refractivity contribution in [2.24, 2.45) is 0 Å². The van der Waals surface area contributed by atoms with Gasteiger partial charge in [-0.25, -0.2) is 13.8 Å². The van der Waals surface area contributed by atoms with E-state index in [-0.39, 0.29) is 18.1 Å². The number of aromatic nitrogens is 1. The van der Waals surface area contributed by atoms with Crippen molar-refractivity contribution in [1.82, 2.24) is 9.88 Å². The number of hydrogen-bond donors (Lipinski definition) is 1. The van der Waals surface area contributed by atoms with Crippen LogP contribution in [0.15, 0.2) is 18.2 Å². The average molecular weight is 363 g/mol. The van der Waals surface area contributed by atoms with Crippen molar-refractivity contribution in [2.45, 2.75) is 32.2 Å². The van der Waals surface area contributed by atoms with Crippen LogP contribution in [0.5, 0.6) is 0 Å². The monoisotopic (exact) mass is 363 g/mol. The van der Waals surface area contributed by atoms with E-state index in [0.717, 1.165) is 44.1 Å². The van der Waals surface area contributed by atoms with E-state index in [1.54, 1.807) is 13.0 Å². The van der Waals surface area contributed by atoms with E-state index >= 15 is 0 Å². The fourth-order valence-corrected chi connectivity index (χ4v) is 3.70. The molecule has 1 atom stereocenters. The summed E-state index contributed by atoms with van der Waals surface area (Å²) in [6.07, 6.45) is 2.63. The second-order valence-corrected chi connectivity index (χ2v) is 6.92. The van der Waals surface area contributed by atoms with Crippen LogP contribution in [0, 0.1) is 18.6 Å². The quantitative estimate of drug-likeness (QED) is 0.904. The molecular weight excluding hydrogens is 340 g/mol. The topological polar surface area (TPSA) is 56.7 Å². The summed E-state index contributed by atoms with van der Waals surface area (Å²) in [5.41, 5.74) is 1.55. The molecule has 1 unspecified atom stereocenters. The first-order valence-electron chi connectivity index (χ1n) is 8.79. The van der Waals surface area contributed by atoms with Crippen molar-refractivity contribution in [3.63, 3.8) is 0 Å². The number of carboxylic acid groups (broad SMARTS) is 1. The molecular formula is C19H23F2N3O2. The number of carbonyl (C=O) groups is 1. The van der Waals surface area contributed by atoms with E-state index in [2.05, 4.69) is 9.88 Å². The SMILES string of the molecule is Cc1cc(N2CCCC(N(C)CC(=O)O)CC2)c2ccc(F)c(F)c2n1. The Hall–Kier alpha value is -2.28. The van der Waals surface area contributed by atoms with Gasteiger partial charge in [-0.3, -0.25) is 9.69 Å². The normalized spacial score (nSPS) is 18.3. The fourth-order valence-electron chi connectivity index (χ4n) is 3.70. The molecule has 0 bridgehead atoms. The number of likely N-dealkylation sites (N-methyl/N-ethyl adjacent to an activating group) is 1. The van der Waals surface area contributed by atoms with E-state index in [9.17, 15) is 13.6 Å². The van der Waals surface area contributed by atoms with Crippen molar-refractivity contribution in [3.05, 3.63) is 35.5 Å². The highest BCUT2D eigenvalue weighted by Gasteiger charge is 2.23. The van der Waals surface area contributed by atoms with Gasteiger partial charge in [-0.1, -0.05) is 0 Å². The van der Waals surface area contributed by atoms with Crippen LogP contribution < -0.4 is 4.90 Å². The summed E-state index contributed by atoms with van der Waals surface area (Å²) in [4.78, 5) is 19.2. The number of hydrogen-bond acceptors (Lipinski definition) is 4. The van der Waals surface area contributed by atoms with E-state index in [1.165, 1.54) is 0 Å². The summed E-state index contributed by atoms with van der Waals surface area (Å²) in [6, 6.07) is 4.81. The summed E-state index contributed by atoms with van der Waals surface area (Å²) in [5.74, 6) is -2.64. The predicted molar refractivity (Wildman–Crippen MR) is 96.5 cm³/mol. The van der Waals surface area contributed by atoms with Gasteiger partial charge < -0.3 is 10.0 Å². The standard InChI is InChI=1S/C19H23F2N3O2/c1-12-10-16(14-5-6-15(20)18(21)19(14)22-12)24-8-3-4-13(7-9-24)23(2)11-17(25)26/h5-6,10,13H,3-4,7-9,11H2,1-2H3,(H,25,26). The van der Waals surface area contributed by atoms with Gasteiger partial charge in [0.25, 0.3) is 0 Å². The molecule has 0 radical (unpaired) electrons. The van der Waals surface area contributed by atoms with Gasteiger partial charge in [0.05, 0.1) is 6.54 Å². The zero-order valence-electron chi connectivity index (χ0n) is 15.0. The molecule has 140 valence electrons. The Labute approximate surface area is 151 Å². The van der Waals surface area contributed by atoms with E-state index in [1.807, 2.05) is 18.0 Å². The number of fused-ring (bicyclic) bond motifs is 1. The molecule has 2 heterocycles. The molecule has 0 saturated carbocycles. The maximum absolute atomic E-state index is 14.2. The Morgan fingerprint density at radius 1 is 1.35 bits per heavy atom. The van der Waals surface area contributed by atoms with Crippen LogP contribution in [0.2, 0.25) is 0 Å². The van der Waals surface area contributed by atoms with Crippen LogP contribution in [-0.4, -0.2) is 53.7 Å². The lowest BCUT2D eigenvalue weighted by atomic mass is 10.1. The first kappa shape index (κ1) is 18.5. The van der Waals surface area contributed by atoms with Crippen LogP contribution >= 0.6 is 0 Å². The first-order chi connectivity index (χ1) is 12.4. The lowest BCUT2D eigenvalue weighted by Gasteiger charge is -2.27. The second kappa shape index (κ2) is 7.53. The number of benzene rings is 1. The molecule has 26 heavy (non-hydrogen) atoms. The Bertz CT molecular complexity index is 828. The number of nitrogens with zero attached hydrogens (tertiary/aromatic N) is 3. The highest BCUT2D eigenvalue weighted by molar-refractivity contribution is 5.92. The largest absolute Gasteiger partial charge is 0.480 e. The third-order valence-corrected chi connectivity index (χ3v) is 5.03. The summed E-state index contributed by atoms with van der Waals surface area (Å²) in [5, 5.41) is 9.59. The molecule has 0 amide bonds. The molecule has 3 rings (SSSR count). The third kappa shape index (κ3) is 3.77. The minimum atomic E-state index is -0.915. The van der Waals surface area contributed by atoms with Crippen LogP contribution in [0.4, 0.5) is 14.5 Å². The molecule has 1 saturated heterocycles. The van der Waals surface area contributed by atoms with Gasteiger partial charge in [-0.05, 0) is 51.4 Å². The number of pyridine rings is 1. The molecule has 5 nitrogen and oxygen atoms in total. The molecule has 1 aromatic heterocycles.